The number of nitrogens with one attached hydrogen (secondary N) is 2. The SMILES string of the molecule is CC(C)N1C(=O)COC(C(=O)NCc2ccn[nH]2)C1c1ccccc1. The van der Waals surface area contributed by atoms with E-state index in [4.69, 9.17) is 4.74 Å². The third kappa shape index (κ3) is 3.71. The van der Waals surface area contributed by atoms with E-state index in [0.29, 0.717) is 6.54 Å². The highest BCUT2D eigenvalue weighted by atomic mass is 16.5. The first-order valence-electron chi connectivity index (χ1n) is 8.31. The smallest absolute Gasteiger partial charge is 0.252 e. The van der Waals surface area contributed by atoms with Crippen LogP contribution in [-0.4, -0.2) is 45.7 Å². The van der Waals surface area contributed by atoms with E-state index in [1.807, 2.05) is 44.2 Å². The monoisotopic (exact) mass is 342 g/mol. The van der Waals surface area contributed by atoms with Gasteiger partial charge in [0.25, 0.3) is 5.91 Å². The number of aromatic amines is 1. The van der Waals surface area contributed by atoms with Crippen LogP contribution in [0.1, 0.15) is 31.1 Å². The maximum absolute atomic E-state index is 12.7. The highest BCUT2D eigenvalue weighted by Gasteiger charge is 2.42. The maximum Gasteiger partial charge on any atom is 0.252 e. The van der Waals surface area contributed by atoms with Gasteiger partial charge < -0.3 is 15.0 Å². The summed E-state index contributed by atoms with van der Waals surface area (Å²) in [6, 6.07) is 10.8. The number of amides is 2. The Kier molecular flexibility index (Phi) is 5.14. The fourth-order valence-corrected chi connectivity index (χ4v) is 3.11. The van der Waals surface area contributed by atoms with Gasteiger partial charge >= 0.3 is 0 Å². The molecule has 2 atom stereocenters. The van der Waals surface area contributed by atoms with Crippen molar-refractivity contribution in [3.63, 3.8) is 0 Å². The van der Waals surface area contributed by atoms with Crippen molar-refractivity contribution in [3.8, 4) is 0 Å². The third-order valence-electron chi connectivity index (χ3n) is 4.23. The van der Waals surface area contributed by atoms with E-state index in [1.54, 1.807) is 17.2 Å². The molecule has 1 saturated heterocycles. The third-order valence-corrected chi connectivity index (χ3v) is 4.23. The molecule has 1 aliphatic rings. The Morgan fingerprint density at radius 2 is 2.12 bits per heavy atom. The fourth-order valence-electron chi connectivity index (χ4n) is 3.11. The lowest BCUT2D eigenvalue weighted by Crippen LogP contribution is -2.56. The lowest BCUT2D eigenvalue weighted by atomic mass is 9.96. The zero-order chi connectivity index (χ0) is 17.8. The highest BCUT2D eigenvalue weighted by molar-refractivity contribution is 5.86. The molecule has 0 spiro atoms. The van der Waals surface area contributed by atoms with Gasteiger partial charge in [-0.2, -0.15) is 5.10 Å². The normalized spacial score (nSPS) is 20.8. The van der Waals surface area contributed by atoms with Crippen LogP contribution in [0.2, 0.25) is 0 Å². The van der Waals surface area contributed by atoms with Crippen molar-refractivity contribution in [2.45, 2.75) is 38.6 Å². The van der Waals surface area contributed by atoms with Gasteiger partial charge in [-0.05, 0) is 25.5 Å². The molecule has 0 saturated carbocycles. The van der Waals surface area contributed by atoms with Crippen molar-refractivity contribution >= 4 is 11.8 Å². The van der Waals surface area contributed by atoms with E-state index in [9.17, 15) is 9.59 Å². The summed E-state index contributed by atoms with van der Waals surface area (Å²) in [5.74, 6) is -0.358. The Bertz CT molecular complexity index is 715. The molecule has 132 valence electrons. The van der Waals surface area contributed by atoms with Crippen LogP contribution in [0.25, 0.3) is 0 Å². The minimum Gasteiger partial charge on any atom is -0.356 e. The summed E-state index contributed by atoms with van der Waals surface area (Å²) in [5, 5.41) is 9.52. The Balaban J connectivity index is 1.84. The minimum absolute atomic E-state index is 0.0375. The number of carbonyl (C=O) groups is 2. The molecule has 1 aromatic carbocycles. The van der Waals surface area contributed by atoms with Gasteiger partial charge in [0.05, 0.1) is 18.3 Å². The molecule has 7 heteroatoms. The summed E-state index contributed by atoms with van der Waals surface area (Å²) < 4.78 is 5.64. The summed E-state index contributed by atoms with van der Waals surface area (Å²) in [6.07, 6.45) is 0.871. The standard InChI is InChI=1S/C18H22N4O3/c1-12(2)22-15(23)11-25-17(16(22)13-6-4-3-5-7-13)18(24)19-10-14-8-9-20-21-14/h3-9,12,16-17H,10-11H2,1-2H3,(H,19,24)(H,20,21). The topological polar surface area (TPSA) is 87.3 Å². The van der Waals surface area contributed by atoms with E-state index in [1.165, 1.54) is 0 Å². The summed E-state index contributed by atoms with van der Waals surface area (Å²) >= 11 is 0. The molecule has 2 amide bonds. The van der Waals surface area contributed by atoms with Crippen molar-refractivity contribution in [2.24, 2.45) is 0 Å². The summed E-state index contributed by atoms with van der Waals surface area (Å²) in [6.45, 7) is 4.12. The van der Waals surface area contributed by atoms with E-state index < -0.39 is 12.1 Å². The van der Waals surface area contributed by atoms with E-state index >= 15 is 0 Å². The molecule has 2 unspecified atom stereocenters. The molecule has 1 aromatic heterocycles. The summed E-state index contributed by atoms with van der Waals surface area (Å²) in [7, 11) is 0. The maximum atomic E-state index is 12.7. The van der Waals surface area contributed by atoms with Crippen molar-refractivity contribution < 1.29 is 14.3 Å². The van der Waals surface area contributed by atoms with E-state index in [2.05, 4.69) is 15.5 Å². The average molecular weight is 342 g/mol. The van der Waals surface area contributed by atoms with E-state index in [-0.39, 0.29) is 24.5 Å². The molecule has 7 nitrogen and oxygen atoms in total. The molecule has 1 fully saturated rings. The van der Waals surface area contributed by atoms with Crippen molar-refractivity contribution in [1.82, 2.24) is 20.4 Å². The van der Waals surface area contributed by atoms with Crippen LogP contribution < -0.4 is 5.32 Å². The molecule has 1 aliphatic heterocycles. The minimum atomic E-state index is -0.759. The van der Waals surface area contributed by atoms with Gasteiger partial charge in [-0.1, -0.05) is 30.3 Å². The van der Waals surface area contributed by atoms with Gasteiger partial charge in [-0.3, -0.25) is 14.7 Å². The zero-order valence-electron chi connectivity index (χ0n) is 14.3. The average Bonchev–Trinajstić information content (AvgIpc) is 3.13. The molecule has 2 aromatic rings. The number of aromatic nitrogens is 2. The Labute approximate surface area is 146 Å². The molecule has 0 radical (unpaired) electrons. The number of H-pyrrole nitrogens is 1. The van der Waals surface area contributed by atoms with Gasteiger partial charge in [0, 0.05) is 12.2 Å². The second kappa shape index (κ2) is 7.48. The van der Waals surface area contributed by atoms with Gasteiger partial charge in [0.2, 0.25) is 5.91 Å². The van der Waals surface area contributed by atoms with Crippen LogP contribution in [0.3, 0.4) is 0 Å². The van der Waals surface area contributed by atoms with Crippen LogP contribution in [0.15, 0.2) is 42.6 Å². The zero-order valence-corrected chi connectivity index (χ0v) is 14.3. The molecule has 3 rings (SSSR count). The highest BCUT2D eigenvalue weighted by Crippen LogP contribution is 2.32. The Morgan fingerprint density at radius 3 is 2.76 bits per heavy atom. The number of carbonyl (C=O) groups excluding carboxylic acids is 2. The molecule has 25 heavy (non-hydrogen) atoms. The predicted octanol–water partition coefficient (Wildman–Crippen LogP) is 1.40. The molecule has 0 bridgehead atoms. The van der Waals surface area contributed by atoms with Crippen molar-refractivity contribution in [3.05, 3.63) is 53.9 Å². The Hall–Kier alpha value is -2.67. The first-order chi connectivity index (χ1) is 12.1. The second-order valence-corrected chi connectivity index (χ2v) is 6.28. The molecule has 2 N–H and O–H groups in total. The molecule has 2 heterocycles. The largest absolute Gasteiger partial charge is 0.356 e. The lowest BCUT2D eigenvalue weighted by molar-refractivity contribution is -0.167. The van der Waals surface area contributed by atoms with Crippen LogP contribution in [0, 0.1) is 0 Å². The first kappa shape index (κ1) is 17.2. The quantitative estimate of drug-likeness (QED) is 0.860. The van der Waals surface area contributed by atoms with Crippen molar-refractivity contribution in [2.75, 3.05) is 6.61 Å². The molecule has 0 aliphatic carbocycles. The fraction of sp³-hybridized carbons (Fsp3) is 0.389. The van der Waals surface area contributed by atoms with E-state index in [0.717, 1.165) is 11.3 Å². The van der Waals surface area contributed by atoms with Gasteiger partial charge in [-0.15, -0.1) is 0 Å². The van der Waals surface area contributed by atoms with Crippen LogP contribution >= 0.6 is 0 Å². The van der Waals surface area contributed by atoms with Gasteiger partial charge in [0.15, 0.2) is 6.10 Å². The number of hydrogen-bond donors (Lipinski definition) is 2. The van der Waals surface area contributed by atoms with Crippen LogP contribution in [0.4, 0.5) is 0 Å². The van der Waals surface area contributed by atoms with Crippen LogP contribution in [0.5, 0.6) is 0 Å². The summed E-state index contributed by atoms with van der Waals surface area (Å²) in [4.78, 5) is 26.9. The number of nitrogens with zero attached hydrogens (tertiary/aromatic N) is 2. The second-order valence-electron chi connectivity index (χ2n) is 6.28. The first-order valence-corrected chi connectivity index (χ1v) is 8.31. The molecular formula is C18H22N4O3. The van der Waals surface area contributed by atoms with Gasteiger partial charge in [-0.25, -0.2) is 0 Å². The summed E-state index contributed by atoms with van der Waals surface area (Å²) in [5.41, 5.74) is 1.68. The number of ether oxygens (including phenoxy) is 1. The Morgan fingerprint density at radius 1 is 1.36 bits per heavy atom. The number of benzene rings is 1. The van der Waals surface area contributed by atoms with Crippen molar-refractivity contribution in [1.29, 1.82) is 0 Å². The molecular weight excluding hydrogens is 320 g/mol. The number of rotatable bonds is 5. The van der Waals surface area contributed by atoms with Crippen LogP contribution in [-0.2, 0) is 20.9 Å². The number of hydrogen-bond acceptors (Lipinski definition) is 4. The predicted molar refractivity (Wildman–Crippen MR) is 91.3 cm³/mol. The lowest BCUT2D eigenvalue weighted by Gasteiger charge is -2.42. The van der Waals surface area contributed by atoms with Gasteiger partial charge in [0.1, 0.15) is 6.61 Å². The number of morpholine rings is 1.